The van der Waals surface area contributed by atoms with Crippen LogP contribution in [0.5, 0.6) is 0 Å². The predicted octanol–water partition coefficient (Wildman–Crippen LogP) is 2.74. The summed E-state index contributed by atoms with van der Waals surface area (Å²) >= 11 is 0. The molecule has 2 aromatic carbocycles. The third-order valence-corrected chi connectivity index (χ3v) is 5.52. The first kappa shape index (κ1) is 26.1. The van der Waals surface area contributed by atoms with Gasteiger partial charge in [0.2, 0.25) is 5.91 Å². The first-order chi connectivity index (χ1) is 17.1. The van der Waals surface area contributed by atoms with E-state index in [1.165, 1.54) is 22.8 Å². The normalized spacial score (nSPS) is 11.5. The van der Waals surface area contributed by atoms with E-state index in [4.69, 9.17) is 10.9 Å². The number of rotatable bonds is 9. The molecule has 1 amide bonds. The highest BCUT2D eigenvalue weighted by atomic mass is 16.6. The summed E-state index contributed by atoms with van der Waals surface area (Å²) in [6.45, 7) is 6.26. The number of carbonyl (C=O) groups is 1. The molecule has 0 aliphatic rings. The Morgan fingerprint density at radius 3 is 2.56 bits per heavy atom. The Morgan fingerprint density at radius 1 is 1.25 bits per heavy atom. The Hall–Kier alpha value is -4.54. The van der Waals surface area contributed by atoms with Gasteiger partial charge >= 0.3 is 0 Å². The van der Waals surface area contributed by atoms with E-state index >= 15 is 0 Å². The molecule has 0 unspecified atom stereocenters. The number of hydrogen-bond donors (Lipinski definition) is 3. The average Bonchev–Trinajstić information content (AvgIpc) is 2.86. The lowest BCUT2D eigenvalue weighted by Crippen LogP contribution is -2.33. The van der Waals surface area contributed by atoms with Crippen molar-refractivity contribution in [3.63, 3.8) is 0 Å². The molecule has 0 spiro atoms. The highest BCUT2D eigenvalue weighted by Crippen LogP contribution is 2.25. The minimum absolute atomic E-state index is 0.0242. The summed E-state index contributed by atoms with van der Waals surface area (Å²) in [5.74, 6) is 0.205. The molecule has 11 nitrogen and oxygen atoms in total. The van der Waals surface area contributed by atoms with Crippen molar-refractivity contribution in [3.8, 4) is 11.3 Å². The number of nitrogens with one attached hydrogen (secondary N) is 1. The Balaban J connectivity index is 1.92. The third kappa shape index (κ3) is 6.12. The third-order valence-electron chi connectivity index (χ3n) is 5.52. The maximum Gasteiger partial charge on any atom is 0.270 e. The molecule has 1 aromatic heterocycles. The molecule has 0 saturated carbocycles. The van der Waals surface area contributed by atoms with Crippen molar-refractivity contribution in [3.05, 3.63) is 91.5 Å². The molecule has 0 radical (unpaired) electrons. The molecule has 3 aromatic rings. The molecule has 0 bridgehead atoms. The monoisotopic (exact) mass is 492 g/mol. The van der Waals surface area contributed by atoms with Crippen LogP contribution in [0, 0.1) is 23.0 Å². The van der Waals surface area contributed by atoms with Crippen LogP contribution in [0.1, 0.15) is 36.4 Å². The van der Waals surface area contributed by atoms with Crippen LogP contribution in [0.4, 0.5) is 5.69 Å². The molecule has 188 valence electrons. The largest absolute Gasteiger partial charge is 0.409 e. The highest BCUT2D eigenvalue weighted by Gasteiger charge is 2.21. The van der Waals surface area contributed by atoms with Gasteiger partial charge in [-0.3, -0.25) is 24.3 Å². The van der Waals surface area contributed by atoms with E-state index in [9.17, 15) is 19.7 Å². The number of amides is 1. The Labute approximate surface area is 207 Å². The summed E-state index contributed by atoms with van der Waals surface area (Å²) in [4.78, 5) is 41.7. The SMILES string of the molecule is Cc1nc(-c2cccc([N+](=O)[O-])c2)c(CC(=O)NCc2ccc(C(N)=NO)cc2)c(=O)n1CC(C)C. The van der Waals surface area contributed by atoms with Crippen LogP contribution in [-0.4, -0.2) is 31.4 Å². The quantitative estimate of drug-likeness (QED) is 0.136. The van der Waals surface area contributed by atoms with Crippen LogP contribution in [-0.2, 0) is 24.3 Å². The Morgan fingerprint density at radius 2 is 1.94 bits per heavy atom. The van der Waals surface area contributed by atoms with Crippen LogP contribution < -0.4 is 16.6 Å². The Bertz CT molecular complexity index is 1360. The molecule has 0 atom stereocenters. The molecule has 36 heavy (non-hydrogen) atoms. The van der Waals surface area contributed by atoms with Crippen LogP contribution in [0.3, 0.4) is 0 Å². The van der Waals surface area contributed by atoms with Crippen molar-refractivity contribution >= 4 is 17.4 Å². The fourth-order valence-electron chi connectivity index (χ4n) is 3.72. The van der Waals surface area contributed by atoms with Crippen LogP contribution >= 0.6 is 0 Å². The molecular formula is C25H28N6O5. The summed E-state index contributed by atoms with van der Waals surface area (Å²) in [7, 11) is 0. The number of hydrogen-bond acceptors (Lipinski definition) is 7. The minimum atomic E-state index is -0.520. The standard InChI is InChI=1S/C25H28N6O5/c1-15(2)14-30-16(3)28-23(19-5-4-6-20(11-19)31(35)36)21(25(30)33)12-22(32)27-13-17-7-9-18(10-8-17)24(26)29-34/h4-11,15,34H,12-14H2,1-3H3,(H2,26,29)(H,27,32). The number of non-ortho nitro benzene ring substituents is 1. The van der Waals surface area contributed by atoms with Gasteiger partial charge in [0.15, 0.2) is 5.84 Å². The van der Waals surface area contributed by atoms with E-state index in [1.807, 2.05) is 13.8 Å². The van der Waals surface area contributed by atoms with Crippen molar-refractivity contribution < 1.29 is 14.9 Å². The second-order valence-corrected chi connectivity index (χ2v) is 8.74. The first-order valence-electron chi connectivity index (χ1n) is 11.3. The molecule has 1 heterocycles. The number of nitrogens with zero attached hydrogens (tertiary/aromatic N) is 4. The molecule has 0 saturated heterocycles. The number of oxime groups is 1. The maximum absolute atomic E-state index is 13.4. The predicted molar refractivity (Wildman–Crippen MR) is 135 cm³/mol. The zero-order chi connectivity index (χ0) is 26.4. The van der Waals surface area contributed by atoms with Gasteiger partial charge in [0.25, 0.3) is 11.2 Å². The van der Waals surface area contributed by atoms with Gasteiger partial charge in [-0.25, -0.2) is 4.98 Å². The smallest absolute Gasteiger partial charge is 0.270 e. The van der Waals surface area contributed by atoms with Crippen molar-refractivity contribution in [2.24, 2.45) is 16.8 Å². The van der Waals surface area contributed by atoms with Crippen LogP contribution in [0.15, 0.2) is 58.5 Å². The Kier molecular flexibility index (Phi) is 8.15. The average molecular weight is 493 g/mol. The van der Waals surface area contributed by atoms with E-state index in [1.54, 1.807) is 37.3 Å². The van der Waals surface area contributed by atoms with Gasteiger partial charge in [0, 0.05) is 36.3 Å². The summed E-state index contributed by atoms with van der Waals surface area (Å²) in [6, 6.07) is 12.6. The van der Waals surface area contributed by atoms with Crippen molar-refractivity contribution in [2.75, 3.05) is 0 Å². The number of carbonyl (C=O) groups excluding carboxylic acids is 1. The second kappa shape index (κ2) is 11.3. The van der Waals surface area contributed by atoms with Gasteiger partial charge in [-0.1, -0.05) is 55.4 Å². The van der Waals surface area contributed by atoms with Gasteiger partial charge in [0.1, 0.15) is 5.82 Å². The number of nitro groups is 1. The minimum Gasteiger partial charge on any atom is -0.409 e. The van der Waals surface area contributed by atoms with Gasteiger partial charge < -0.3 is 16.3 Å². The van der Waals surface area contributed by atoms with Crippen molar-refractivity contribution in [1.82, 2.24) is 14.9 Å². The molecular weight excluding hydrogens is 464 g/mol. The highest BCUT2D eigenvalue weighted by molar-refractivity contribution is 5.97. The van der Waals surface area contributed by atoms with Crippen LogP contribution in [0.2, 0.25) is 0 Å². The lowest BCUT2D eigenvalue weighted by molar-refractivity contribution is -0.384. The van der Waals surface area contributed by atoms with E-state index in [-0.39, 0.29) is 47.2 Å². The first-order valence-corrected chi connectivity index (χ1v) is 11.3. The number of aromatic nitrogens is 2. The van der Waals surface area contributed by atoms with Gasteiger partial charge in [-0.05, 0) is 18.4 Å². The number of amidine groups is 1. The van der Waals surface area contributed by atoms with Crippen molar-refractivity contribution in [2.45, 2.75) is 40.3 Å². The topological polar surface area (TPSA) is 166 Å². The lowest BCUT2D eigenvalue weighted by atomic mass is 10.0. The lowest BCUT2D eigenvalue weighted by Gasteiger charge is -2.17. The molecule has 0 aliphatic carbocycles. The summed E-state index contributed by atoms with van der Waals surface area (Å²) < 4.78 is 1.53. The molecule has 0 fully saturated rings. The van der Waals surface area contributed by atoms with Gasteiger partial charge in [-0.15, -0.1) is 0 Å². The number of aryl methyl sites for hydroxylation is 1. The number of benzene rings is 2. The maximum atomic E-state index is 13.4. The number of nitrogens with two attached hydrogens (primary N) is 1. The number of nitro benzene ring substituents is 1. The summed E-state index contributed by atoms with van der Waals surface area (Å²) in [6.07, 6.45) is -0.246. The van der Waals surface area contributed by atoms with Crippen molar-refractivity contribution in [1.29, 1.82) is 0 Å². The van der Waals surface area contributed by atoms with Crippen LogP contribution in [0.25, 0.3) is 11.3 Å². The zero-order valence-corrected chi connectivity index (χ0v) is 20.3. The zero-order valence-electron chi connectivity index (χ0n) is 20.3. The summed E-state index contributed by atoms with van der Waals surface area (Å²) in [5.41, 5.74) is 7.19. The second-order valence-electron chi connectivity index (χ2n) is 8.74. The van der Waals surface area contributed by atoms with Gasteiger partial charge in [-0.2, -0.15) is 0 Å². The van der Waals surface area contributed by atoms with E-state index in [0.717, 1.165) is 5.56 Å². The fraction of sp³-hybridized carbons (Fsp3) is 0.280. The van der Waals surface area contributed by atoms with E-state index in [0.29, 0.717) is 23.5 Å². The molecule has 3 rings (SSSR count). The molecule has 0 aliphatic heterocycles. The van der Waals surface area contributed by atoms with E-state index in [2.05, 4.69) is 15.5 Å². The molecule has 11 heteroatoms. The van der Waals surface area contributed by atoms with Gasteiger partial charge in [0.05, 0.1) is 22.6 Å². The van der Waals surface area contributed by atoms with E-state index < -0.39 is 10.8 Å². The molecule has 4 N–H and O–H groups in total. The fourth-order valence-corrected chi connectivity index (χ4v) is 3.72. The summed E-state index contributed by atoms with van der Waals surface area (Å²) in [5, 5.41) is 25.8.